The summed E-state index contributed by atoms with van der Waals surface area (Å²) in [6.45, 7) is 11.2. The van der Waals surface area contributed by atoms with Gasteiger partial charge in [0.1, 0.15) is 17.5 Å². The normalized spacial score (nSPS) is 20.5. The van der Waals surface area contributed by atoms with Gasteiger partial charge < -0.3 is 25.1 Å². The maximum atomic E-state index is 7.97. The smallest absolute Gasteiger partial charge is 0.136 e. The highest BCUT2D eigenvalue weighted by molar-refractivity contribution is 5.88. The summed E-state index contributed by atoms with van der Waals surface area (Å²) in [4.78, 5) is 14.1. The second-order valence-corrected chi connectivity index (χ2v) is 9.32. The predicted octanol–water partition coefficient (Wildman–Crippen LogP) is 3.25. The third-order valence-corrected chi connectivity index (χ3v) is 7.12. The number of piperidine rings is 1. The van der Waals surface area contributed by atoms with Crippen LogP contribution in [0.2, 0.25) is 0 Å². The molecule has 8 nitrogen and oxygen atoms in total. The Hall–Kier alpha value is -2.55. The first-order valence-corrected chi connectivity index (χ1v) is 12.0. The number of hydrogen-bond acceptors (Lipinski definition) is 8. The van der Waals surface area contributed by atoms with Gasteiger partial charge in [0.2, 0.25) is 0 Å². The number of likely N-dealkylation sites (tertiary alicyclic amines) is 1. The zero-order chi connectivity index (χ0) is 22.8. The molecule has 3 aliphatic heterocycles. The van der Waals surface area contributed by atoms with Crippen molar-refractivity contribution >= 4 is 23.5 Å². The fourth-order valence-corrected chi connectivity index (χ4v) is 5.13. The number of aromatic nitrogens is 2. The average Bonchev–Trinajstić information content (AvgIpc) is 2.80. The van der Waals surface area contributed by atoms with E-state index in [1.54, 1.807) is 0 Å². The van der Waals surface area contributed by atoms with Crippen LogP contribution in [0.3, 0.4) is 0 Å². The molecule has 3 aliphatic rings. The zero-order valence-electron chi connectivity index (χ0n) is 19.6. The standard InChI is InChI=1S/C25H34N6O2/c1-17-11-20(14-26)23(12-22(17)19-3-5-30(6-4-19)21-15-33-16-21)29-24-13-25(28-18(2)27-24)31-7-9-32-10-8-31/h11-14,19,21,26H,3-10,15-16H2,1-2H3,(H,27,28,29). The second-order valence-electron chi connectivity index (χ2n) is 9.32. The first-order chi connectivity index (χ1) is 16.1. The van der Waals surface area contributed by atoms with Crippen LogP contribution in [-0.4, -0.2) is 79.7 Å². The Kier molecular flexibility index (Phi) is 6.57. The Morgan fingerprint density at radius 1 is 1.00 bits per heavy atom. The van der Waals surface area contributed by atoms with Crippen LogP contribution < -0.4 is 10.2 Å². The van der Waals surface area contributed by atoms with Crippen molar-refractivity contribution in [2.45, 2.75) is 38.6 Å². The summed E-state index contributed by atoms with van der Waals surface area (Å²) in [6, 6.07) is 7.00. The first-order valence-electron chi connectivity index (χ1n) is 12.0. The first kappa shape index (κ1) is 22.3. The fraction of sp³-hybridized carbons (Fsp3) is 0.560. The third kappa shape index (κ3) is 4.88. The number of morpholine rings is 1. The van der Waals surface area contributed by atoms with Crippen LogP contribution in [0.4, 0.5) is 17.3 Å². The summed E-state index contributed by atoms with van der Waals surface area (Å²) >= 11 is 0. The van der Waals surface area contributed by atoms with E-state index in [0.717, 1.165) is 94.2 Å². The molecular formula is C25H34N6O2. The quantitative estimate of drug-likeness (QED) is 0.654. The molecular weight excluding hydrogens is 416 g/mol. The molecule has 1 aromatic carbocycles. The minimum Gasteiger partial charge on any atom is -0.378 e. The SMILES string of the molecule is Cc1nc(Nc2cc(C3CCN(C4COC4)CC3)c(C)cc2C=N)cc(N2CCOCC2)n1. The van der Waals surface area contributed by atoms with E-state index >= 15 is 0 Å². The number of anilines is 3. The lowest BCUT2D eigenvalue weighted by Gasteiger charge is -2.41. The van der Waals surface area contributed by atoms with Crippen LogP contribution in [-0.2, 0) is 9.47 Å². The Morgan fingerprint density at radius 2 is 1.76 bits per heavy atom. The summed E-state index contributed by atoms with van der Waals surface area (Å²) in [5.74, 6) is 2.96. The lowest BCUT2D eigenvalue weighted by molar-refractivity contribution is -0.0712. The van der Waals surface area contributed by atoms with Gasteiger partial charge >= 0.3 is 0 Å². The van der Waals surface area contributed by atoms with Crippen LogP contribution in [0, 0.1) is 19.3 Å². The van der Waals surface area contributed by atoms with Gasteiger partial charge in [-0.3, -0.25) is 4.90 Å². The van der Waals surface area contributed by atoms with Gasteiger partial charge in [-0.15, -0.1) is 0 Å². The van der Waals surface area contributed by atoms with Crippen molar-refractivity contribution in [3.8, 4) is 0 Å². The molecule has 33 heavy (non-hydrogen) atoms. The summed E-state index contributed by atoms with van der Waals surface area (Å²) < 4.78 is 10.9. The van der Waals surface area contributed by atoms with Crippen LogP contribution in [0.5, 0.6) is 0 Å². The van der Waals surface area contributed by atoms with Crippen molar-refractivity contribution in [2.24, 2.45) is 0 Å². The van der Waals surface area contributed by atoms with Crippen LogP contribution >= 0.6 is 0 Å². The van der Waals surface area contributed by atoms with Crippen molar-refractivity contribution in [1.82, 2.24) is 14.9 Å². The van der Waals surface area contributed by atoms with E-state index in [1.807, 2.05) is 13.0 Å². The van der Waals surface area contributed by atoms with Crippen LogP contribution in [0.15, 0.2) is 18.2 Å². The van der Waals surface area contributed by atoms with E-state index in [2.05, 4.69) is 44.1 Å². The number of rotatable bonds is 6. The lowest BCUT2D eigenvalue weighted by Crippen LogP contribution is -2.51. The molecule has 2 aromatic rings. The second kappa shape index (κ2) is 9.75. The zero-order valence-corrected chi connectivity index (χ0v) is 19.6. The van der Waals surface area contributed by atoms with Gasteiger partial charge in [-0.05, 0) is 69.0 Å². The number of ether oxygens (including phenoxy) is 2. The molecule has 3 saturated heterocycles. The average molecular weight is 451 g/mol. The van der Waals surface area contributed by atoms with Gasteiger partial charge in [0.15, 0.2) is 0 Å². The van der Waals surface area contributed by atoms with Gasteiger partial charge in [-0.1, -0.05) is 0 Å². The summed E-state index contributed by atoms with van der Waals surface area (Å²) in [5.41, 5.74) is 4.46. The van der Waals surface area contributed by atoms with Crippen molar-refractivity contribution in [2.75, 3.05) is 62.8 Å². The van der Waals surface area contributed by atoms with Gasteiger partial charge in [0, 0.05) is 36.6 Å². The number of benzene rings is 1. The van der Waals surface area contributed by atoms with E-state index < -0.39 is 0 Å². The summed E-state index contributed by atoms with van der Waals surface area (Å²) in [7, 11) is 0. The van der Waals surface area contributed by atoms with E-state index in [9.17, 15) is 0 Å². The highest BCUT2D eigenvalue weighted by atomic mass is 16.5. The third-order valence-electron chi connectivity index (χ3n) is 7.12. The van der Waals surface area contributed by atoms with Crippen molar-refractivity contribution < 1.29 is 9.47 Å². The minimum atomic E-state index is 0.540. The van der Waals surface area contributed by atoms with Crippen molar-refractivity contribution in [1.29, 1.82) is 5.41 Å². The number of hydrogen-bond donors (Lipinski definition) is 2. The molecule has 0 atom stereocenters. The summed E-state index contributed by atoms with van der Waals surface area (Å²) in [5, 5.41) is 11.5. The molecule has 0 spiro atoms. The van der Waals surface area contributed by atoms with Crippen LogP contribution in [0.1, 0.15) is 41.3 Å². The number of aryl methyl sites for hydroxylation is 2. The van der Waals surface area contributed by atoms with Gasteiger partial charge in [-0.25, -0.2) is 9.97 Å². The predicted molar refractivity (Wildman–Crippen MR) is 130 cm³/mol. The molecule has 0 saturated carbocycles. The molecule has 0 bridgehead atoms. The van der Waals surface area contributed by atoms with E-state index in [-0.39, 0.29) is 0 Å². The Morgan fingerprint density at radius 3 is 2.42 bits per heavy atom. The molecule has 0 amide bonds. The number of nitrogens with one attached hydrogen (secondary N) is 2. The molecule has 8 heteroatoms. The van der Waals surface area contributed by atoms with Crippen LogP contribution in [0.25, 0.3) is 0 Å². The van der Waals surface area contributed by atoms with Crippen molar-refractivity contribution in [3.05, 3.63) is 40.7 Å². The van der Waals surface area contributed by atoms with E-state index in [4.69, 9.17) is 14.9 Å². The largest absolute Gasteiger partial charge is 0.378 e. The summed E-state index contributed by atoms with van der Waals surface area (Å²) in [6.07, 6.45) is 3.75. The minimum absolute atomic E-state index is 0.540. The van der Waals surface area contributed by atoms with Gasteiger partial charge in [0.05, 0.1) is 32.5 Å². The molecule has 3 fully saturated rings. The maximum absolute atomic E-state index is 7.97. The van der Waals surface area contributed by atoms with Crippen molar-refractivity contribution in [3.63, 3.8) is 0 Å². The Bertz CT molecular complexity index is 995. The molecule has 1 aromatic heterocycles. The Balaban J connectivity index is 1.37. The van der Waals surface area contributed by atoms with Gasteiger partial charge in [-0.2, -0.15) is 0 Å². The molecule has 176 valence electrons. The highest BCUT2D eigenvalue weighted by Crippen LogP contribution is 2.35. The molecule has 0 unspecified atom stereocenters. The molecule has 0 radical (unpaired) electrons. The van der Waals surface area contributed by atoms with Gasteiger partial charge in [0.25, 0.3) is 0 Å². The molecule has 0 aliphatic carbocycles. The Labute approximate surface area is 195 Å². The highest BCUT2D eigenvalue weighted by Gasteiger charge is 2.30. The van der Waals surface area contributed by atoms with E-state index in [0.29, 0.717) is 12.0 Å². The number of nitrogens with zero attached hydrogens (tertiary/aromatic N) is 4. The molecule has 2 N–H and O–H groups in total. The molecule has 4 heterocycles. The monoisotopic (exact) mass is 450 g/mol. The fourth-order valence-electron chi connectivity index (χ4n) is 5.13. The molecule has 5 rings (SSSR count). The maximum Gasteiger partial charge on any atom is 0.136 e. The topological polar surface area (TPSA) is 86.6 Å². The van der Waals surface area contributed by atoms with E-state index in [1.165, 1.54) is 17.3 Å². The lowest BCUT2D eigenvalue weighted by atomic mass is 9.85.